The van der Waals surface area contributed by atoms with E-state index in [0.29, 0.717) is 36.9 Å². The fraction of sp³-hybridized carbons (Fsp3) is 0.429. The molecule has 29 heavy (non-hydrogen) atoms. The molecule has 2 heterocycles. The van der Waals surface area contributed by atoms with E-state index in [4.69, 9.17) is 9.47 Å². The quantitative estimate of drug-likeness (QED) is 0.684. The van der Waals surface area contributed by atoms with Crippen molar-refractivity contribution < 1.29 is 14.3 Å². The normalized spacial score (nSPS) is 16.6. The Hall–Kier alpha value is -2.35. The first kappa shape index (κ1) is 22.9. The Balaban J connectivity index is 0.00000300. The second-order valence-electron chi connectivity index (χ2n) is 6.55. The van der Waals surface area contributed by atoms with Gasteiger partial charge in [-0.05, 0) is 37.6 Å². The number of aromatic nitrogens is 1. The van der Waals surface area contributed by atoms with Gasteiger partial charge in [-0.25, -0.2) is 0 Å². The Bertz CT molecular complexity index is 776. The molecular weight excluding hydrogens is 392 g/mol. The summed E-state index contributed by atoms with van der Waals surface area (Å²) >= 11 is 0. The van der Waals surface area contributed by atoms with Crippen LogP contribution in [-0.4, -0.2) is 55.2 Å². The van der Waals surface area contributed by atoms with Crippen LogP contribution in [-0.2, 0) is 4.79 Å². The van der Waals surface area contributed by atoms with E-state index in [2.05, 4.69) is 26.6 Å². The van der Waals surface area contributed by atoms with Crippen LogP contribution in [0.2, 0.25) is 0 Å². The van der Waals surface area contributed by atoms with Gasteiger partial charge < -0.3 is 20.1 Å². The topological polar surface area (TPSA) is 75.7 Å². The Labute approximate surface area is 178 Å². The number of hydrogen-bond acceptors (Lipinski definition) is 6. The Morgan fingerprint density at radius 3 is 2.76 bits per heavy atom. The van der Waals surface area contributed by atoms with Crippen molar-refractivity contribution in [2.24, 2.45) is 0 Å². The molecule has 7 nitrogen and oxygen atoms in total. The van der Waals surface area contributed by atoms with Crippen LogP contribution in [0, 0.1) is 0 Å². The van der Waals surface area contributed by atoms with Crippen molar-refractivity contribution in [2.45, 2.75) is 19.9 Å². The molecule has 1 unspecified atom stereocenters. The lowest BCUT2D eigenvalue weighted by atomic mass is 10.1. The summed E-state index contributed by atoms with van der Waals surface area (Å²) in [4.78, 5) is 19.1. The lowest BCUT2D eigenvalue weighted by Crippen LogP contribution is -2.48. The maximum atomic E-state index is 12.7. The van der Waals surface area contributed by atoms with Gasteiger partial charge >= 0.3 is 0 Å². The molecule has 0 saturated carbocycles. The maximum absolute atomic E-state index is 12.7. The second-order valence-corrected chi connectivity index (χ2v) is 6.55. The van der Waals surface area contributed by atoms with Gasteiger partial charge in [-0.2, -0.15) is 0 Å². The van der Waals surface area contributed by atoms with Crippen LogP contribution in [0.15, 0.2) is 42.7 Å². The maximum Gasteiger partial charge on any atom is 0.238 e. The van der Waals surface area contributed by atoms with E-state index in [1.54, 1.807) is 6.20 Å². The van der Waals surface area contributed by atoms with Gasteiger partial charge in [0.05, 0.1) is 19.8 Å². The molecule has 0 spiro atoms. The molecule has 0 radical (unpaired) electrons. The Morgan fingerprint density at radius 1 is 1.24 bits per heavy atom. The number of ether oxygens (including phenoxy) is 2. The van der Waals surface area contributed by atoms with Crippen LogP contribution in [0.25, 0.3) is 0 Å². The van der Waals surface area contributed by atoms with Crippen LogP contribution < -0.4 is 20.1 Å². The zero-order valence-electron chi connectivity index (χ0n) is 16.9. The highest BCUT2D eigenvalue weighted by molar-refractivity contribution is 5.92. The van der Waals surface area contributed by atoms with E-state index < -0.39 is 0 Å². The summed E-state index contributed by atoms with van der Waals surface area (Å²) in [7, 11) is 0. The van der Waals surface area contributed by atoms with Gasteiger partial charge in [0.1, 0.15) is 0 Å². The van der Waals surface area contributed by atoms with Crippen LogP contribution in [0.4, 0.5) is 5.69 Å². The first-order valence-electron chi connectivity index (χ1n) is 9.75. The molecule has 1 amide bonds. The van der Waals surface area contributed by atoms with E-state index >= 15 is 0 Å². The van der Waals surface area contributed by atoms with Gasteiger partial charge in [0.15, 0.2) is 11.5 Å². The number of carbonyl (C=O) groups is 1. The minimum Gasteiger partial charge on any atom is -0.490 e. The number of carbonyl (C=O) groups excluding carboxylic acids is 1. The van der Waals surface area contributed by atoms with Crippen molar-refractivity contribution in [2.75, 3.05) is 44.7 Å². The number of amides is 1. The molecule has 3 rings (SSSR count). The summed E-state index contributed by atoms with van der Waals surface area (Å²) in [5.41, 5.74) is 1.81. The lowest BCUT2D eigenvalue weighted by Gasteiger charge is -2.35. The minimum atomic E-state index is -0.0533. The SMILES string of the molecule is CCOc1ccc(NC(=O)CN2CCNCC2c2cccnc2)cc1OCC.Cl. The number of nitrogens with zero attached hydrogens (tertiary/aromatic N) is 2. The van der Waals surface area contributed by atoms with E-state index in [1.165, 1.54) is 0 Å². The molecule has 0 bridgehead atoms. The summed E-state index contributed by atoms with van der Waals surface area (Å²) in [5, 5.41) is 6.37. The number of pyridine rings is 1. The highest BCUT2D eigenvalue weighted by Gasteiger charge is 2.25. The molecule has 1 aromatic heterocycles. The van der Waals surface area contributed by atoms with Crippen molar-refractivity contribution in [3.8, 4) is 11.5 Å². The van der Waals surface area contributed by atoms with Crippen LogP contribution >= 0.6 is 12.4 Å². The smallest absolute Gasteiger partial charge is 0.238 e. The summed E-state index contributed by atoms with van der Waals surface area (Å²) in [6, 6.07) is 9.58. The number of rotatable bonds is 8. The van der Waals surface area contributed by atoms with Gasteiger partial charge in [-0.15, -0.1) is 12.4 Å². The number of benzene rings is 1. The predicted octanol–water partition coefficient (Wildman–Crippen LogP) is 2.89. The molecule has 0 aliphatic carbocycles. The predicted molar refractivity (Wildman–Crippen MR) is 116 cm³/mol. The molecule has 2 N–H and O–H groups in total. The average Bonchev–Trinajstić information content (AvgIpc) is 2.71. The molecule has 1 aliphatic rings. The molecule has 1 saturated heterocycles. The third-order valence-electron chi connectivity index (χ3n) is 4.60. The Morgan fingerprint density at radius 2 is 2.03 bits per heavy atom. The zero-order valence-corrected chi connectivity index (χ0v) is 17.7. The van der Waals surface area contributed by atoms with Crippen molar-refractivity contribution in [3.63, 3.8) is 0 Å². The highest BCUT2D eigenvalue weighted by atomic mass is 35.5. The van der Waals surface area contributed by atoms with Gasteiger partial charge in [-0.1, -0.05) is 6.07 Å². The summed E-state index contributed by atoms with van der Waals surface area (Å²) in [6.45, 7) is 7.73. The highest BCUT2D eigenvalue weighted by Crippen LogP contribution is 2.30. The van der Waals surface area contributed by atoms with Gasteiger partial charge in [0, 0.05) is 49.8 Å². The van der Waals surface area contributed by atoms with E-state index in [-0.39, 0.29) is 24.4 Å². The summed E-state index contributed by atoms with van der Waals surface area (Å²) in [6.07, 6.45) is 3.63. The molecule has 158 valence electrons. The third-order valence-corrected chi connectivity index (χ3v) is 4.60. The van der Waals surface area contributed by atoms with Gasteiger partial charge in [-0.3, -0.25) is 14.7 Å². The van der Waals surface area contributed by atoms with Crippen LogP contribution in [0.1, 0.15) is 25.5 Å². The van der Waals surface area contributed by atoms with Crippen LogP contribution in [0.5, 0.6) is 11.5 Å². The number of halogens is 1. The van der Waals surface area contributed by atoms with Crippen molar-refractivity contribution in [1.82, 2.24) is 15.2 Å². The number of nitrogens with one attached hydrogen (secondary N) is 2. The molecule has 8 heteroatoms. The molecule has 1 aliphatic heterocycles. The number of anilines is 1. The molecule has 1 fully saturated rings. The van der Waals surface area contributed by atoms with Crippen LogP contribution in [0.3, 0.4) is 0 Å². The largest absolute Gasteiger partial charge is 0.490 e. The fourth-order valence-corrected chi connectivity index (χ4v) is 3.35. The lowest BCUT2D eigenvalue weighted by molar-refractivity contribution is -0.118. The van der Waals surface area contributed by atoms with Gasteiger partial charge in [0.2, 0.25) is 5.91 Å². The first-order chi connectivity index (χ1) is 13.7. The van der Waals surface area contributed by atoms with Crippen molar-refractivity contribution >= 4 is 24.0 Å². The Kier molecular flexibility index (Phi) is 9.18. The first-order valence-corrected chi connectivity index (χ1v) is 9.75. The van der Waals surface area contributed by atoms with E-state index in [1.807, 2.05) is 44.3 Å². The molecule has 2 aromatic rings. The van der Waals surface area contributed by atoms with E-state index in [9.17, 15) is 4.79 Å². The third kappa shape index (κ3) is 6.32. The molecule has 1 atom stereocenters. The molecular formula is C21H29ClN4O3. The zero-order chi connectivity index (χ0) is 19.8. The second kappa shape index (κ2) is 11.6. The number of piperazine rings is 1. The minimum absolute atomic E-state index is 0. The standard InChI is InChI=1S/C21H28N4O3.ClH/c1-3-27-19-8-7-17(12-20(19)28-4-2)24-21(26)15-25-11-10-23-14-18(25)16-6-5-9-22-13-16;/h5-9,12-13,18,23H,3-4,10-11,14-15H2,1-2H3,(H,24,26);1H. The number of hydrogen-bond donors (Lipinski definition) is 2. The summed E-state index contributed by atoms with van der Waals surface area (Å²) in [5.74, 6) is 1.26. The summed E-state index contributed by atoms with van der Waals surface area (Å²) < 4.78 is 11.2. The molecule has 1 aromatic carbocycles. The fourth-order valence-electron chi connectivity index (χ4n) is 3.35. The van der Waals surface area contributed by atoms with Crippen molar-refractivity contribution in [1.29, 1.82) is 0 Å². The average molecular weight is 421 g/mol. The van der Waals surface area contributed by atoms with Gasteiger partial charge in [0.25, 0.3) is 0 Å². The van der Waals surface area contributed by atoms with Crippen molar-refractivity contribution in [3.05, 3.63) is 48.3 Å². The van der Waals surface area contributed by atoms with E-state index in [0.717, 1.165) is 25.2 Å². The monoisotopic (exact) mass is 420 g/mol.